The van der Waals surface area contributed by atoms with E-state index < -0.39 is 17.6 Å². The van der Waals surface area contributed by atoms with Crippen LogP contribution in [0.2, 0.25) is 0 Å². The number of carbonyl (C=O) groups is 3. The molecular weight excluding hydrogens is 383 g/mol. The predicted octanol–water partition coefficient (Wildman–Crippen LogP) is 4.44. The van der Waals surface area contributed by atoms with Gasteiger partial charge in [-0.1, -0.05) is 30.3 Å². The van der Waals surface area contributed by atoms with Gasteiger partial charge in [-0.05, 0) is 67.1 Å². The summed E-state index contributed by atoms with van der Waals surface area (Å²) in [5.41, 5.74) is 1.91. The summed E-state index contributed by atoms with van der Waals surface area (Å²) < 4.78 is 13.2. The smallest absolute Gasteiger partial charge is 0.272 e. The zero-order valence-corrected chi connectivity index (χ0v) is 16.2. The Hall–Kier alpha value is -4.06. The van der Waals surface area contributed by atoms with Gasteiger partial charge in [0.25, 0.3) is 11.8 Å². The zero-order valence-electron chi connectivity index (χ0n) is 16.2. The number of nitrogens with one attached hydrogen (secondary N) is 2. The maximum atomic E-state index is 13.2. The molecule has 3 rings (SSSR count). The first-order chi connectivity index (χ1) is 14.4. The highest BCUT2D eigenvalue weighted by molar-refractivity contribution is 6.10. The number of Topliss-reactive ketones (excluding diaryl/α,β-unsaturated/α-hetero) is 1. The third-order valence-corrected chi connectivity index (χ3v) is 4.26. The highest BCUT2D eigenvalue weighted by Gasteiger charge is 2.15. The molecule has 0 aliphatic rings. The standard InChI is InChI=1S/C24H19FN2O3/c1-16(28)18-9-13-21(14-10-18)26-24(30)22(15-17-7-11-20(25)12-8-17)27-23(29)19-5-3-2-4-6-19/h2-15H,1H3,(H,26,30)(H,27,29)/b22-15-. The van der Waals surface area contributed by atoms with E-state index in [1.807, 2.05) is 0 Å². The first kappa shape index (κ1) is 20.7. The van der Waals surface area contributed by atoms with Crippen LogP contribution in [0.15, 0.2) is 84.6 Å². The second kappa shape index (κ2) is 9.43. The number of ketones is 1. The Labute approximate surface area is 173 Å². The van der Waals surface area contributed by atoms with E-state index in [2.05, 4.69) is 10.6 Å². The lowest BCUT2D eigenvalue weighted by Gasteiger charge is -2.12. The summed E-state index contributed by atoms with van der Waals surface area (Å²) in [5, 5.41) is 5.30. The minimum absolute atomic E-state index is 0.00824. The topological polar surface area (TPSA) is 75.3 Å². The van der Waals surface area contributed by atoms with Gasteiger partial charge in [-0.15, -0.1) is 0 Å². The molecule has 6 heteroatoms. The maximum Gasteiger partial charge on any atom is 0.272 e. The van der Waals surface area contributed by atoms with E-state index in [1.54, 1.807) is 54.6 Å². The van der Waals surface area contributed by atoms with Crippen molar-refractivity contribution in [2.24, 2.45) is 0 Å². The normalized spacial score (nSPS) is 10.9. The van der Waals surface area contributed by atoms with Crippen LogP contribution >= 0.6 is 0 Å². The number of rotatable bonds is 6. The Morgan fingerprint density at radius 3 is 2.03 bits per heavy atom. The van der Waals surface area contributed by atoms with E-state index in [-0.39, 0.29) is 11.5 Å². The number of anilines is 1. The third-order valence-electron chi connectivity index (χ3n) is 4.26. The number of hydrogen-bond acceptors (Lipinski definition) is 3. The van der Waals surface area contributed by atoms with Crippen LogP contribution in [-0.4, -0.2) is 17.6 Å². The molecule has 0 unspecified atom stereocenters. The molecule has 0 radical (unpaired) electrons. The number of benzene rings is 3. The van der Waals surface area contributed by atoms with Gasteiger partial charge in [0.15, 0.2) is 5.78 Å². The molecule has 0 aromatic heterocycles. The van der Waals surface area contributed by atoms with Crippen molar-refractivity contribution in [3.05, 3.63) is 107 Å². The Kier molecular flexibility index (Phi) is 6.49. The maximum absolute atomic E-state index is 13.2. The van der Waals surface area contributed by atoms with E-state index >= 15 is 0 Å². The number of hydrogen-bond donors (Lipinski definition) is 2. The molecule has 3 aromatic carbocycles. The molecule has 0 atom stereocenters. The first-order valence-corrected chi connectivity index (χ1v) is 9.18. The predicted molar refractivity (Wildman–Crippen MR) is 113 cm³/mol. The summed E-state index contributed by atoms with van der Waals surface area (Å²) in [6.45, 7) is 1.45. The van der Waals surface area contributed by atoms with Crippen LogP contribution in [0.3, 0.4) is 0 Å². The lowest BCUT2D eigenvalue weighted by Crippen LogP contribution is -2.30. The molecular formula is C24H19FN2O3. The van der Waals surface area contributed by atoms with E-state index in [1.165, 1.54) is 37.3 Å². The summed E-state index contributed by atoms with van der Waals surface area (Å²) in [5.74, 6) is -1.50. The largest absolute Gasteiger partial charge is 0.321 e. The molecule has 0 saturated heterocycles. The SMILES string of the molecule is CC(=O)c1ccc(NC(=O)/C(=C/c2ccc(F)cc2)NC(=O)c2ccccc2)cc1. The molecule has 3 aromatic rings. The van der Waals surface area contributed by atoms with Gasteiger partial charge in [0.2, 0.25) is 0 Å². The van der Waals surface area contributed by atoms with Crippen molar-refractivity contribution in [2.45, 2.75) is 6.92 Å². The Balaban J connectivity index is 1.85. The summed E-state index contributed by atoms with van der Waals surface area (Å²) in [4.78, 5) is 36.8. The second-order valence-electron chi connectivity index (χ2n) is 6.52. The minimum Gasteiger partial charge on any atom is -0.321 e. The van der Waals surface area contributed by atoms with Gasteiger partial charge in [-0.3, -0.25) is 14.4 Å². The Bertz CT molecular complexity index is 1090. The summed E-state index contributed by atoms with van der Waals surface area (Å²) >= 11 is 0. The van der Waals surface area contributed by atoms with Gasteiger partial charge in [0.1, 0.15) is 11.5 Å². The van der Waals surface area contributed by atoms with Crippen LogP contribution < -0.4 is 10.6 Å². The van der Waals surface area contributed by atoms with Gasteiger partial charge >= 0.3 is 0 Å². The van der Waals surface area contributed by atoms with Crippen LogP contribution in [0.1, 0.15) is 33.2 Å². The van der Waals surface area contributed by atoms with Gasteiger partial charge in [-0.2, -0.15) is 0 Å². The van der Waals surface area contributed by atoms with Crippen LogP contribution in [0.5, 0.6) is 0 Å². The second-order valence-corrected chi connectivity index (χ2v) is 6.52. The summed E-state index contributed by atoms with van der Waals surface area (Å²) in [6, 6.07) is 20.4. The molecule has 5 nitrogen and oxygen atoms in total. The van der Waals surface area contributed by atoms with E-state index in [4.69, 9.17) is 0 Å². The van der Waals surface area contributed by atoms with E-state index in [0.29, 0.717) is 22.4 Å². The number of carbonyl (C=O) groups excluding carboxylic acids is 3. The molecule has 0 fully saturated rings. The van der Waals surface area contributed by atoms with Crippen LogP contribution in [0.25, 0.3) is 6.08 Å². The van der Waals surface area contributed by atoms with Crippen LogP contribution in [-0.2, 0) is 4.79 Å². The quantitative estimate of drug-likeness (QED) is 0.473. The van der Waals surface area contributed by atoms with E-state index in [9.17, 15) is 18.8 Å². The van der Waals surface area contributed by atoms with Gasteiger partial charge in [0, 0.05) is 16.8 Å². The Morgan fingerprint density at radius 1 is 0.800 bits per heavy atom. The highest BCUT2D eigenvalue weighted by atomic mass is 19.1. The lowest BCUT2D eigenvalue weighted by molar-refractivity contribution is -0.113. The molecule has 2 N–H and O–H groups in total. The molecule has 30 heavy (non-hydrogen) atoms. The first-order valence-electron chi connectivity index (χ1n) is 9.18. The molecule has 0 aliphatic heterocycles. The molecule has 2 amide bonds. The fourth-order valence-electron chi connectivity index (χ4n) is 2.65. The average Bonchev–Trinajstić information content (AvgIpc) is 2.75. The van der Waals surface area contributed by atoms with Gasteiger partial charge in [0.05, 0.1) is 0 Å². The molecule has 0 spiro atoms. The fraction of sp³-hybridized carbons (Fsp3) is 0.0417. The number of halogens is 1. The molecule has 0 aliphatic carbocycles. The molecule has 0 saturated carbocycles. The summed E-state index contributed by atoms with van der Waals surface area (Å²) in [6.07, 6.45) is 1.46. The molecule has 0 bridgehead atoms. The minimum atomic E-state index is -0.556. The van der Waals surface area contributed by atoms with Crippen molar-refractivity contribution in [3.63, 3.8) is 0 Å². The van der Waals surface area contributed by atoms with Crippen LogP contribution in [0, 0.1) is 5.82 Å². The third kappa shape index (κ3) is 5.48. The monoisotopic (exact) mass is 402 g/mol. The Morgan fingerprint density at radius 2 is 1.43 bits per heavy atom. The highest BCUT2D eigenvalue weighted by Crippen LogP contribution is 2.13. The molecule has 150 valence electrons. The van der Waals surface area contributed by atoms with Gasteiger partial charge in [-0.25, -0.2) is 4.39 Å². The van der Waals surface area contributed by atoms with Crippen molar-refractivity contribution >= 4 is 29.4 Å². The molecule has 0 heterocycles. The number of amides is 2. The summed E-state index contributed by atoms with van der Waals surface area (Å²) in [7, 11) is 0. The van der Waals surface area contributed by atoms with Crippen molar-refractivity contribution in [3.8, 4) is 0 Å². The van der Waals surface area contributed by atoms with Crippen molar-refractivity contribution < 1.29 is 18.8 Å². The van der Waals surface area contributed by atoms with Crippen molar-refractivity contribution in [2.75, 3.05) is 5.32 Å². The zero-order chi connectivity index (χ0) is 21.5. The fourth-order valence-corrected chi connectivity index (χ4v) is 2.65. The lowest BCUT2D eigenvalue weighted by atomic mass is 10.1. The van der Waals surface area contributed by atoms with Crippen LogP contribution in [0.4, 0.5) is 10.1 Å². The van der Waals surface area contributed by atoms with Gasteiger partial charge < -0.3 is 10.6 Å². The van der Waals surface area contributed by atoms with E-state index in [0.717, 1.165) is 0 Å². The van der Waals surface area contributed by atoms with Crippen molar-refractivity contribution in [1.82, 2.24) is 5.32 Å². The average molecular weight is 402 g/mol. The van der Waals surface area contributed by atoms with Crippen molar-refractivity contribution in [1.29, 1.82) is 0 Å².